The molecule has 1 aromatic rings. The van der Waals surface area contributed by atoms with E-state index in [1.165, 1.54) is 0 Å². The smallest absolute Gasteiger partial charge is 0.410 e. The molecule has 1 heterocycles. The maximum Gasteiger partial charge on any atom is 0.410 e. The van der Waals surface area contributed by atoms with E-state index in [4.69, 9.17) is 9.57 Å². The third-order valence-corrected chi connectivity index (χ3v) is 5.31. The predicted octanol–water partition coefficient (Wildman–Crippen LogP) is 2.59. The van der Waals surface area contributed by atoms with E-state index in [1.54, 1.807) is 4.90 Å². The second kappa shape index (κ2) is 14.0. The molecular formula is C23H38N4O4. The van der Waals surface area contributed by atoms with Crippen molar-refractivity contribution in [2.45, 2.75) is 71.2 Å². The summed E-state index contributed by atoms with van der Waals surface area (Å²) in [6, 6.07) is 9.40. The minimum Gasteiger partial charge on any atom is -0.445 e. The molecule has 174 valence electrons. The fourth-order valence-electron chi connectivity index (χ4n) is 3.44. The highest BCUT2D eigenvalue weighted by Gasteiger charge is 2.27. The number of unbranched alkanes of at least 4 members (excludes halogenated alkanes) is 1. The van der Waals surface area contributed by atoms with Gasteiger partial charge in [0.05, 0.1) is 12.6 Å². The van der Waals surface area contributed by atoms with Gasteiger partial charge in [0.1, 0.15) is 6.61 Å². The molecule has 1 fully saturated rings. The van der Waals surface area contributed by atoms with Crippen LogP contribution in [0.1, 0.15) is 52.0 Å². The highest BCUT2D eigenvalue weighted by molar-refractivity contribution is 5.82. The molecule has 2 unspecified atom stereocenters. The van der Waals surface area contributed by atoms with Gasteiger partial charge in [-0.1, -0.05) is 43.7 Å². The molecular weight excluding hydrogens is 396 g/mol. The molecule has 0 bridgehead atoms. The van der Waals surface area contributed by atoms with Crippen LogP contribution in [0.25, 0.3) is 0 Å². The summed E-state index contributed by atoms with van der Waals surface area (Å²) in [5, 5.41) is 6.30. The zero-order chi connectivity index (χ0) is 22.5. The number of likely N-dealkylation sites (N-methyl/N-ethyl adjacent to an activating group) is 1. The van der Waals surface area contributed by atoms with Gasteiger partial charge in [-0.05, 0) is 38.7 Å². The first-order chi connectivity index (χ1) is 15.0. The lowest BCUT2D eigenvalue weighted by Crippen LogP contribution is -2.55. The highest BCUT2D eigenvalue weighted by atomic mass is 16.6. The molecule has 0 spiro atoms. The van der Waals surface area contributed by atoms with Gasteiger partial charge < -0.3 is 25.1 Å². The average molecular weight is 435 g/mol. The lowest BCUT2D eigenvalue weighted by molar-refractivity contribution is -0.124. The molecule has 1 aromatic carbocycles. The van der Waals surface area contributed by atoms with Crippen LogP contribution in [0.2, 0.25) is 0 Å². The highest BCUT2D eigenvalue weighted by Crippen LogP contribution is 2.09. The molecule has 0 saturated carbocycles. The van der Waals surface area contributed by atoms with Crippen LogP contribution in [0.5, 0.6) is 0 Å². The fraction of sp³-hybridized carbons (Fsp3) is 0.652. The summed E-state index contributed by atoms with van der Waals surface area (Å²) in [5.74, 6) is -0.0356. The molecule has 2 amide bonds. The summed E-state index contributed by atoms with van der Waals surface area (Å²) >= 11 is 0. The molecule has 8 heteroatoms. The van der Waals surface area contributed by atoms with Crippen molar-refractivity contribution >= 4 is 12.0 Å². The minimum atomic E-state index is -0.375. The van der Waals surface area contributed by atoms with Gasteiger partial charge in [0.2, 0.25) is 5.91 Å². The fourth-order valence-corrected chi connectivity index (χ4v) is 3.44. The number of ether oxygens (including phenoxy) is 1. The second-order valence-electron chi connectivity index (χ2n) is 8.04. The Labute approximate surface area is 186 Å². The summed E-state index contributed by atoms with van der Waals surface area (Å²) < 4.78 is 5.41. The Morgan fingerprint density at radius 1 is 1.23 bits per heavy atom. The monoisotopic (exact) mass is 434 g/mol. The third kappa shape index (κ3) is 9.25. The van der Waals surface area contributed by atoms with Crippen LogP contribution in [0.4, 0.5) is 4.79 Å². The number of nitrogens with one attached hydrogen (secondary N) is 3. The van der Waals surface area contributed by atoms with Gasteiger partial charge in [0.15, 0.2) is 0 Å². The molecule has 1 aliphatic rings. The third-order valence-electron chi connectivity index (χ3n) is 5.31. The first-order valence-electron chi connectivity index (χ1n) is 11.4. The van der Waals surface area contributed by atoms with Crippen molar-refractivity contribution in [3.63, 3.8) is 0 Å². The van der Waals surface area contributed by atoms with Gasteiger partial charge in [-0.3, -0.25) is 4.79 Å². The Morgan fingerprint density at radius 2 is 2.00 bits per heavy atom. The molecule has 8 nitrogen and oxygen atoms in total. The summed E-state index contributed by atoms with van der Waals surface area (Å²) in [7, 11) is 0. The number of hydroxylamine groups is 1. The molecule has 0 aliphatic carbocycles. The number of carbonyl (C=O) groups is 2. The largest absolute Gasteiger partial charge is 0.445 e. The van der Waals surface area contributed by atoms with E-state index in [9.17, 15) is 9.59 Å². The standard InChI is InChI=1S/C23H38N4O4/c1-4-6-14-31-26-20-12-13-21(24-15-20)22(28)25-18(3)16-27(5-2)23(29)30-17-19-10-8-7-9-11-19/h7-11,18,20-21,24,26H,4-6,12-17H2,1-3H3,(H,25,28)/t18-,20?,21?/m0/s1. The summed E-state index contributed by atoms with van der Waals surface area (Å²) in [6.45, 7) is 8.47. The molecule has 2 rings (SSSR count). The first kappa shape index (κ1) is 25.1. The number of piperidine rings is 1. The van der Waals surface area contributed by atoms with E-state index in [1.807, 2.05) is 44.2 Å². The van der Waals surface area contributed by atoms with E-state index in [-0.39, 0.29) is 36.7 Å². The van der Waals surface area contributed by atoms with Crippen molar-refractivity contribution in [1.29, 1.82) is 0 Å². The number of hydrogen-bond donors (Lipinski definition) is 3. The van der Waals surface area contributed by atoms with E-state index >= 15 is 0 Å². The Hall–Kier alpha value is -2.16. The molecule has 1 saturated heterocycles. The van der Waals surface area contributed by atoms with Crippen LogP contribution in [-0.4, -0.2) is 61.3 Å². The second-order valence-corrected chi connectivity index (χ2v) is 8.04. The van der Waals surface area contributed by atoms with Crippen LogP contribution in [0, 0.1) is 0 Å². The van der Waals surface area contributed by atoms with Gasteiger partial charge in [0, 0.05) is 31.7 Å². The topological polar surface area (TPSA) is 91.9 Å². The molecule has 1 aliphatic heterocycles. The average Bonchev–Trinajstić information content (AvgIpc) is 2.79. The van der Waals surface area contributed by atoms with Crippen LogP contribution < -0.4 is 16.1 Å². The predicted molar refractivity (Wildman–Crippen MR) is 120 cm³/mol. The molecule has 3 atom stereocenters. The zero-order valence-electron chi connectivity index (χ0n) is 19.1. The Kier molecular flexibility index (Phi) is 11.3. The molecule has 0 aromatic heterocycles. The Bertz CT molecular complexity index is 650. The van der Waals surface area contributed by atoms with Crippen molar-refractivity contribution in [3.8, 4) is 0 Å². The minimum absolute atomic E-state index is 0.0356. The number of carbonyl (C=O) groups excluding carboxylic acids is 2. The van der Waals surface area contributed by atoms with Crippen molar-refractivity contribution in [2.75, 3.05) is 26.2 Å². The SMILES string of the molecule is CCCCONC1CCC(C(=O)N[C@@H](C)CN(CC)C(=O)OCc2ccccc2)NC1. The van der Waals surface area contributed by atoms with Crippen LogP contribution in [0.3, 0.4) is 0 Å². The first-order valence-corrected chi connectivity index (χ1v) is 11.4. The lowest BCUT2D eigenvalue weighted by atomic mass is 10.0. The van der Waals surface area contributed by atoms with E-state index in [0.29, 0.717) is 26.2 Å². The summed E-state index contributed by atoms with van der Waals surface area (Å²) in [6.07, 6.45) is 3.37. The van der Waals surface area contributed by atoms with Gasteiger partial charge in [-0.25, -0.2) is 4.79 Å². The number of amides is 2. The Morgan fingerprint density at radius 3 is 2.65 bits per heavy atom. The van der Waals surface area contributed by atoms with Crippen molar-refractivity contribution in [2.24, 2.45) is 0 Å². The van der Waals surface area contributed by atoms with Gasteiger partial charge in [-0.2, -0.15) is 5.48 Å². The molecule has 0 radical (unpaired) electrons. The maximum atomic E-state index is 12.6. The summed E-state index contributed by atoms with van der Waals surface area (Å²) in [5.41, 5.74) is 4.02. The van der Waals surface area contributed by atoms with Gasteiger partial charge in [0.25, 0.3) is 0 Å². The van der Waals surface area contributed by atoms with Crippen LogP contribution in [0.15, 0.2) is 30.3 Å². The van der Waals surface area contributed by atoms with Crippen molar-refractivity contribution in [1.82, 2.24) is 21.0 Å². The van der Waals surface area contributed by atoms with Gasteiger partial charge >= 0.3 is 6.09 Å². The molecule has 31 heavy (non-hydrogen) atoms. The van der Waals surface area contributed by atoms with E-state index in [2.05, 4.69) is 23.0 Å². The number of hydrogen-bond acceptors (Lipinski definition) is 6. The van der Waals surface area contributed by atoms with E-state index in [0.717, 1.165) is 31.2 Å². The summed E-state index contributed by atoms with van der Waals surface area (Å²) in [4.78, 5) is 32.1. The van der Waals surface area contributed by atoms with Crippen molar-refractivity contribution < 1.29 is 19.2 Å². The zero-order valence-corrected chi connectivity index (χ0v) is 19.1. The lowest BCUT2D eigenvalue weighted by Gasteiger charge is -2.31. The van der Waals surface area contributed by atoms with Crippen LogP contribution >= 0.6 is 0 Å². The Balaban J connectivity index is 1.68. The van der Waals surface area contributed by atoms with Crippen molar-refractivity contribution in [3.05, 3.63) is 35.9 Å². The van der Waals surface area contributed by atoms with Crippen LogP contribution in [-0.2, 0) is 21.0 Å². The molecule has 3 N–H and O–H groups in total. The quantitative estimate of drug-likeness (QED) is 0.346. The number of rotatable bonds is 12. The number of benzene rings is 1. The number of nitrogens with zero attached hydrogens (tertiary/aromatic N) is 1. The van der Waals surface area contributed by atoms with Gasteiger partial charge in [-0.15, -0.1) is 0 Å². The van der Waals surface area contributed by atoms with E-state index < -0.39 is 0 Å². The normalized spacial score (nSPS) is 19.5. The maximum absolute atomic E-state index is 12.6.